The van der Waals surface area contributed by atoms with Crippen LogP contribution in [-0.4, -0.2) is 99.3 Å². The molecule has 7 heterocycles. The van der Waals surface area contributed by atoms with Gasteiger partial charge < -0.3 is 14.2 Å². The number of rotatable bonds is 0. The number of ether oxygens (including phenoxy) is 3. The fourth-order valence-electron chi connectivity index (χ4n) is 4.29. The van der Waals surface area contributed by atoms with E-state index < -0.39 is 0 Å². The second-order valence-corrected chi connectivity index (χ2v) is 8.55. The normalized spacial score (nSPS) is 36.0. The van der Waals surface area contributed by atoms with Gasteiger partial charge in [-0.15, -0.1) is 0 Å². The molecule has 0 radical (unpaired) electrons. The first-order chi connectivity index (χ1) is 13.9. The van der Waals surface area contributed by atoms with E-state index in [9.17, 15) is 0 Å². The average Bonchev–Trinajstić information content (AvgIpc) is 2.78. The monoisotopic (exact) mass is 398 g/mol. The lowest BCUT2D eigenvalue weighted by molar-refractivity contribution is -0.194. The summed E-state index contributed by atoms with van der Waals surface area (Å²) in [5.41, 5.74) is 0. The van der Waals surface area contributed by atoms with Crippen LogP contribution in [0.25, 0.3) is 0 Å². The van der Waals surface area contributed by atoms with Gasteiger partial charge in [-0.25, -0.2) is 0 Å². The molecular weight excluding hydrogens is 356 g/mol. The van der Waals surface area contributed by atoms with Crippen molar-refractivity contribution in [2.75, 3.05) is 79.7 Å². The molecule has 0 spiro atoms. The average molecular weight is 399 g/mol. The van der Waals surface area contributed by atoms with Crippen molar-refractivity contribution in [2.24, 2.45) is 0 Å². The second-order valence-electron chi connectivity index (χ2n) is 8.55. The Morgan fingerprint density at radius 3 is 0.607 bits per heavy atom. The molecule has 0 aromatic heterocycles. The zero-order valence-corrected chi connectivity index (χ0v) is 17.9. The van der Waals surface area contributed by atoms with Crippen LogP contribution in [0.15, 0.2) is 0 Å². The van der Waals surface area contributed by atoms with E-state index >= 15 is 0 Å². The van der Waals surface area contributed by atoms with Crippen LogP contribution in [-0.2, 0) is 14.2 Å². The molecule has 4 bridgehead atoms. The maximum Gasteiger partial charge on any atom is 0.0555 e. The molecule has 0 N–H and O–H groups in total. The van der Waals surface area contributed by atoms with Gasteiger partial charge in [-0.3, -0.25) is 19.6 Å². The molecule has 0 aromatic rings. The van der Waals surface area contributed by atoms with Crippen LogP contribution in [0.1, 0.15) is 57.8 Å². The van der Waals surface area contributed by atoms with E-state index in [0.29, 0.717) is 0 Å². The highest BCUT2D eigenvalue weighted by Gasteiger charge is 2.36. The topological polar surface area (TPSA) is 40.7 Å². The molecule has 0 unspecified atom stereocenters. The SMILES string of the molecule is C1CCOCC1.C1CCOCC1.C1CCOCC1.C1N2CN3CN1CN(C2)C3. The summed E-state index contributed by atoms with van der Waals surface area (Å²) in [6.45, 7) is 13.1. The first-order valence-corrected chi connectivity index (χ1v) is 11.5. The summed E-state index contributed by atoms with van der Waals surface area (Å²) in [5.74, 6) is 0. The van der Waals surface area contributed by atoms with E-state index in [4.69, 9.17) is 14.2 Å². The van der Waals surface area contributed by atoms with Gasteiger partial charge in [0.25, 0.3) is 0 Å². The molecule has 164 valence electrons. The van der Waals surface area contributed by atoms with Crippen molar-refractivity contribution in [3.63, 3.8) is 0 Å². The molecule has 0 atom stereocenters. The lowest BCUT2D eigenvalue weighted by Crippen LogP contribution is -2.71. The Morgan fingerprint density at radius 2 is 0.500 bits per heavy atom. The van der Waals surface area contributed by atoms with Gasteiger partial charge in [-0.1, -0.05) is 0 Å². The second kappa shape index (κ2) is 13.9. The predicted molar refractivity (Wildman–Crippen MR) is 111 cm³/mol. The van der Waals surface area contributed by atoms with Gasteiger partial charge in [0.2, 0.25) is 0 Å². The van der Waals surface area contributed by atoms with Crippen LogP contribution in [0.5, 0.6) is 0 Å². The van der Waals surface area contributed by atoms with E-state index in [2.05, 4.69) is 19.6 Å². The summed E-state index contributed by atoms with van der Waals surface area (Å²) in [6.07, 6.45) is 11.8. The van der Waals surface area contributed by atoms with Crippen molar-refractivity contribution in [2.45, 2.75) is 57.8 Å². The van der Waals surface area contributed by atoms with Crippen molar-refractivity contribution >= 4 is 0 Å². The zero-order valence-electron chi connectivity index (χ0n) is 17.9. The Morgan fingerprint density at radius 1 is 0.286 bits per heavy atom. The molecule has 0 aromatic carbocycles. The molecular formula is C21H42N4O3. The Bertz CT molecular complexity index is 268. The molecule has 0 aliphatic carbocycles. The van der Waals surface area contributed by atoms with Gasteiger partial charge in [0.05, 0.1) is 40.0 Å². The van der Waals surface area contributed by atoms with Crippen molar-refractivity contribution in [1.29, 1.82) is 0 Å². The minimum absolute atomic E-state index is 1.00. The van der Waals surface area contributed by atoms with Crippen LogP contribution in [0, 0.1) is 0 Å². The Labute approximate surface area is 171 Å². The van der Waals surface area contributed by atoms with E-state index in [1.807, 2.05) is 0 Å². The van der Waals surface area contributed by atoms with E-state index in [0.717, 1.165) is 39.6 Å². The number of hydrogen-bond acceptors (Lipinski definition) is 7. The first-order valence-electron chi connectivity index (χ1n) is 11.5. The highest BCUT2D eigenvalue weighted by molar-refractivity contribution is 4.79. The highest BCUT2D eigenvalue weighted by Crippen LogP contribution is 2.20. The molecule has 28 heavy (non-hydrogen) atoms. The fraction of sp³-hybridized carbons (Fsp3) is 1.00. The molecule has 7 heteroatoms. The van der Waals surface area contributed by atoms with Crippen LogP contribution in [0.4, 0.5) is 0 Å². The quantitative estimate of drug-likeness (QED) is 0.621. The zero-order chi connectivity index (χ0) is 19.3. The van der Waals surface area contributed by atoms with Gasteiger partial charge in [-0.05, 0) is 57.8 Å². The largest absolute Gasteiger partial charge is 0.381 e. The molecule has 7 nitrogen and oxygen atoms in total. The maximum absolute atomic E-state index is 5.07. The van der Waals surface area contributed by atoms with Crippen molar-refractivity contribution in [3.05, 3.63) is 0 Å². The molecule has 7 aliphatic rings. The molecule has 0 amide bonds. The Balaban J connectivity index is 0.000000111. The van der Waals surface area contributed by atoms with E-state index in [-0.39, 0.29) is 0 Å². The lowest BCUT2D eigenvalue weighted by atomic mass is 10.2. The van der Waals surface area contributed by atoms with Crippen molar-refractivity contribution in [3.8, 4) is 0 Å². The minimum Gasteiger partial charge on any atom is -0.381 e. The maximum atomic E-state index is 5.07. The summed E-state index contributed by atoms with van der Waals surface area (Å²) in [4.78, 5) is 9.88. The van der Waals surface area contributed by atoms with Crippen molar-refractivity contribution < 1.29 is 14.2 Å². The summed E-state index contributed by atoms with van der Waals surface area (Å²) < 4.78 is 15.2. The van der Waals surface area contributed by atoms with Gasteiger partial charge in [0, 0.05) is 39.6 Å². The third-order valence-electron chi connectivity index (χ3n) is 5.63. The predicted octanol–water partition coefficient (Wildman–Crippen LogP) is 2.54. The lowest BCUT2D eigenvalue weighted by Gasteiger charge is -2.56. The van der Waals surface area contributed by atoms with Gasteiger partial charge in [0.15, 0.2) is 0 Å². The highest BCUT2D eigenvalue weighted by atomic mass is 16.5. The van der Waals surface area contributed by atoms with E-state index in [1.165, 1.54) is 97.8 Å². The Kier molecular flexibility index (Phi) is 11.1. The van der Waals surface area contributed by atoms with Crippen LogP contribution in [0.3, 0.4) is 0 Å². The number of hydrogen-bond donors (Lipinski definition) is 0. The molecule has 7 rings (SSSR count). The van der Waals surface area contributed by atoms with Gasteiger partial charge >= 0.3 is 0 Å². The summed E-state index contributed by atoms with van der Waals surface area (Å²) in [6, 6.07) is 0. The molecule has 7 saturated heterocycles. The summed E-state index contributed by atoms with van der Waals surface area (Å²) in [7, 11) is 0. The number of nitrogens with zero attached hydrogens (tertiary/aromatic N) is 4. The van der Waals surface area contributed by atoms with Crippen LogP contribution in [0.2, 0.25) is 0 Å². The van der Waals surface area contributed by atoms with Crippen LogP contribution >= 0.6 is 0 Å². The van der Waals surface area contributed by atoms with Gasteiger partial charge in [-0.2, -0.15) is 0 Å². The third-order valence-corrected chi connectivity index (χ3v) is 5.63. The molecule has 0 saturated carbocycles. The van der Waals surface area contributed by atoms with Crippen molar-refractivity contribution in [1.82, 2.24) is 19.6 Å². The Hall–Kier alpha value is -0.280. The minimum atomic E-state index is 1.00. The molecule has 7 fully saturated rings. The standard InChI is InChI=1S/C6H12N4.3C5H10O/c1-7-2-9-4-8(1)5-10(3-7)6-9;3*1-2-4-6-5-3-1/h1-6H2;3*1-5H2. The smallest absolute Gasteiger partial charge is 0.0555 e. The fourth-order valence-corrected chi connectivity index (χ4v) is 4.29. The van der Waals surface area contributed by atoms with Gasteiger partial charge in [0.1, 0.15) is 0 Å². The molecule has 7 aliphatic heterocycles. The first kappa shape index (κ1) is 22.4. The van der Waals surface area contributed by atoms with E-state index in [1.54, 1.807) is 0 Å². The summed E-state index contributed by atoms with van der Waals surface area (Å²) in [5, 5.41) is 0. The summed E-state index contributed by atoms with van der Waals surface area (Å²) >= 11 is 0. The van der Waals surface area contributed by atoms with Crippen LogP contribution < -0.4 is 0 Å². The third kappa shape index (κ3) is 9.03.